The maximum Gasteiger partial charge on any atom is 0.325 e. The van der Waals surface area contributed by atoms with Crippen molar-refractivity contribution in [2.24, 2.45) is 0 Å². The van der Waals surface area contributed by atoms with Gasteiger partial charge in [0.1, 0.15) is 12.2 Å². The summed E-state index contributed by atoms with van der Waals surface area (Å²) in [4.78, 5) is 36.2. The van der Waals surface area contributed by atoms with E-state index in [0.717, 1.165) is 11.3 Å². The van der Waals surface area contributed by atoms with Crippen molar-refractivity contribution in [3.05, 3.63) is 41.2 Å². The third-order valence-electron chi connectivity index (χ3n) is 4.00. The third kappa shape index (κ3) is 3.65. The van der Waals surface area contributed by atoms with E-state index < -0.39 is 5.97 Å². The zero-order valence-electron chi connectivity index (χ0n) is 13.6. The van der Waals surface area contributed by atoms with Crippen molar-refractivity contribution in [2.75, 3.05) is 11.9 Å². The Bertz CT molecular complexity index is 845. The van der Waals surface area contributed by atoms with Crippen LogP contribution in [0.25, 0.3) is 0 Å². The van der Waals surface area contributed by atoms with Crippen molar-refractivity contribution in [1.29, 1.82) is 0 Å². The molecular weight excluding hydrogens is 326 g/mol. The molecule has 2 aromatic rings. The van der Waals surface area contributed by atoms with E-state index >= 15 is 0 Å². The van der Waals surface area contributed by atoms with Crippen molar-refractivity contribution in [2.45, 2.75) is 25.9 Å². The number of nitrogens with zero attached hydrogens (tertiary/aromatic N) is 4. The molecule has 0 fully saturated rings. The molecule has 1 aromatic carbocycles. The van der Waals surface area contributed by atoms with Gasteiger partial charge in [0.2, 0.25) is 5.91 Å². The van der Waals surface area contributed by atoms with Crippen molar-refractivity contribution < 1.29 is 19.5 Å². The zero-order valence-corrected chi connectivity index (χ0v) is 13.6. The number of benzene rings is 1. The summed E-state index contributed by atoms with van der Waals surface area (Å²) in [5.41, 5.74) is 2.75. The minimum absolute atomic E-state index is 0.0640. The van der Waals surface area contributed by atoms with Gasteiger partial charge in [0, 0.05) is 24.7 Å². The van der Waals surface area contributed by atoms with Crippen molar-refractivity contribution in [3.8, 4) is 0 Å². The molecule has 25 heavy (non-hydrogen) atoms. The lowest BCUT2D eigenvalue weighted by molar-refractivity contribution is -0.137. The number of aryl methyl sites for hydroxylation is 1. The van der Waals surface area contributed by atoms with Gasteiger partial charge in [-0.05, 0) is 30.2 Å². The highest BCUT2D eigenvalue weighted by Gasteiger charge is 2.21. The summed E-state index contributed by atoms with van der Waals surface area (Å²) in [6.45, 7) is -0.133. The molecule has 0 aliphatic carbocycles. The molecule has 0 radical (unpaired) electrons. The Hall–Kier alpha value is -3.23. The molecule has 0 saturated carbocycles. The van der Waals surface area contributed by atoms with Crippen molar-refractivity contribution in [3.63, 3.8) is 0 Å². The molecule has 130 valence electrons. The number of carboxylic acids is 1. The largest absolute Gasteiger partial charge is 0.480 e. The fraction of sp³-hybridized carbons (Fsp3) is 0.312. The van der Waals surface area contributed by atoms with Crippen LogP contribution in [0.1, 0.15) is 28.0 Å². The summed E-state index contributed by atoms with van der Waals surface area (Å²) < 4.78 is 1.19. The van der Waals surface area contributed by atoms with E-state index in [-0.39, 0.29) is 24.9 Å². The van der Waals surface area contributed by atoms with Crippen LogP contribution in [0.4, 0.5) is 5.69 Å². The number of fused-ring (bicyclic) bond motifs is 1. The van der Waals surface area contributed by atoms with Crippen LogP contribution in [0.3, 0.4) is 0 Å². The number of anilines is 1. The minimum atomic E-state index is -1.02. The number of aliphatic carboxylic acids is 1. The second-order valence-electron chi connectivity index (χ2n) is 5.78. The van der Waals surface area contributed by atoms with Gasteiger partial charge >= 0.3 is 5.97 Å². The van der Waals surface area contributed by atoms with E-state index in [2.05, 4.69) is 15.6 Å². The number of carbonyl (C=O) groups is 3. The van der Waals surface area contributed by atoms with Crippen LogP contribution in [0.15, 0.2) is 24.4 Å². The van der Waals surface area contributed by atoms with Gasteiger partial charge in [0.25, 0.3) is 5.91 Å². The number of hydrogen-bond donors (Lipinski definition) is 2. The second kappa shape index (κ2) is 6.71. The number of amides is 2. The molecule has 9 nitrogen and oxygen atoms in total. The molecule has 1 aromatic heterocycles. The van der Waals surface area contributed by atoms with Gasteiger partial charge in [-0.15, -0.1) is 5.10 Å². The molecule has 2 heterocycles. The average Bonchev–Trinajstić information content (AvgIpc) is 3.02. The van der Waals surface area contributed by atoms with E-state index in [9.17, 15) is 14.4 Å². The first kappa shape index (κ1) is 16.6. The molecule has 0 bridgehead atoms. The van der Waals surface area contributed by atoms with Gasteiger partial charge in [0.15, 0.2) is 0 Å². The third-order valence-corrected chi connectivity index (χ3v) is 4.00. The summed E-state index contributed by atoms with van der Waals surface area (Å²) in [5, 5.41) is 18.9. The Morgan fingerprint density at radius 3 is 2.88 bits per heavy atom. The highest BCUT2D eigenvalue weighted by atomic mass is 16.4. The van der Waals surface area contributed by atoms with E-state index in [0.29, 0.717) is 24.1 Å². The molecule has 2 N–H and O–H groups in total. The Kier molecular flexibility index (Phi) is 4.46. The lowest BCUT2D eigenvalue weighted by Crippen LogP contribution is -2.31. The Morgan fingerprint density at radius 1 is 1.32 bits per heavy atom. The number of hydrogen-bond acceptors (Lipinski definition) is 5. The normalized spacial score (nSPS) is 13.5. The van der Waals surface area contributed by atoms with Crippen LogP contribution >= 0.6 is 0 Å². The monoisotopic (exact) mass is 343 g/mol. The number of aromatic nitrogens is 3. The number of carboxylic acid groups (broad SMARTS) is 1. The summed E-state index contributed by atoms with van der Waals surface area (Å²) in [6, 6.07) is 5.23. The fourth-order valence-corrected chi connectivity index (χ4v) is 2.71. The SMILES string of the molecule is CN1C(=O)CCc2cc(C(=O)NCc3cn(CC(=O)O)nn3)ccc21. The standard InChI is InChI=1S/C16H17N5O4/c1-20-13-4-2-11(6-10(13)3-5-14(20)22)16(25)17-7-12-8-21(19-18-12)9-15(23)24/h2,4,6,8H,3,5,7,9H2,1H3,(H,17,25)(H,23,24). The second-order valence-corrected chi connectivity index (χ2v) is 5.78. The summed E-state index contributed by atoms with van der Waals surface area (Å²) in [5.74, 6) is -1.22. The Balaban J connectivity index is 1.65. The number of carbonyl (C=O) groups excluding carboxylic acids is 2. The zero-order chi connectivity index (χ0) is 18.0. The van der Waals surface area contributed by atoms with Crippen LogP contribution in [0.2, 0.25) is 0 Å². The predicted molar refractivity (Wildman–Crippen MR) is 87.0 cm³/mol. The molecule has 0 spiro atoms. The topological polar surface area (TPSA) is 117 Å². The first-order valence-electron chi connectivity index (χ1n) is 7.72. The van der Waals surface area contributed by atoms with E-state index in [1.165, 1.54) is 10.9 Å². The molecule has 9 heteroatoms. The fourth-order valence-electron chi connectivity index (χ4n) is 2.71. The van der Waals surface area contributed by atoms with Crippen LogP contribution in [-0.4, -0.2) is 44.9 Å². The maximum absolute atomic E-state index is 12.3. The molecule has 2 amide bonds. The van der Waals surface area contributed by atoms with E-state index in [4.69, 9.17) is 5.11 Å². The van der Waals surface area contributed by atoms with Crippen LogP contribution in [0, 0.1) is 0 Å². The van der Waals surface area contributed by atoms with Gasteiger partial charge in [-0.25, -0.2) is 4.68 Å². The Morgan fingerprint density at radius 2 is 2.12 bits per heavy atom. The van der Waals surface area contributed by atoms with Gasteiger partial charge in [0.05, 0.1) is 12.7 Å². The summed E-state index contributed by atoms with van der Waals surface area (Å²) >= 11 is 0. The highest BCUT2D eigenvalue weighted by molar-refractivity contribution is 5.98. The first-order chi connectivity index (χ1) is 11.9. The van der Waals surface area contributed by atoms with Crippen molar-refractivity contribution >= 4 is 23.5 Å². The number of nitrogens with one attached hydrogen (secondary N) is 1. The lowest BCUT2D eigenvalue weighted by atomic mass is 9.99. The van der Waals surface area contributed by atoms with Gasteiger partial charge in [-0.3, -0.25) is 14.4 Å². The molecule has 0 unspecified atom stereocenters. The highest BCUT2D eigenvalue weighted by Crippen LogP contribution is 2.27. The molecule has 0 atom stereocenters. The van der Waals surface area contributed by atoms with Gasteiger partial charge in [-0.2, -0.15) is 0 Å². The Labute approximate surface area is 143 Å². The average molecular weight is 343 g/mol. The minimum Gasteiger partial charge on any atom is -0.480 e. The van der Waals surface area contributed by atoms with Crippen LogP contribution < -0.4 is 10.2 Å². The maximum atomic E-state index is 12.3. The van der Waals surface area contributed by atoms with E-state index in [1.807, 2.05) is 0 Å². The molecule has 1 aliphatic heterocycles. The summed E-state index contributed by atoms with van der Waals surface area (Å²) in [6.07, 6.45) is 2.52. The molecular formula is C16H17N5O4. The lowest BCUT2D eigenvalue weighted by Gasteiger charge is -2.26. The van der Waals surface area contributed by atoms with Gasteiger partial charge < -0.3 is 15.3 Å². The molecule has 1 aliphatic rings. The van der Waals surface area contributed by atoms with Crippen LogP contribution in [0.5, 0.6) is 0 Å². The summed E-state index contributed by atoms with van der Waals surface area (Å²) in [7, 11) is 1.72. The quantitative estimate of drug-likeness (QED) is 0.801. The van der Waals surface area contributed by atoms with Gasteiger partial charge in [-0.1, -0.05) is 5.21 Å². The van der Waals surface area contributed by atoms with E-state index in [1.54, 1.807) is 30.1 Å². The molecule has 3 rings (SSSR count). The number of rotatable bonds is 5. The van der Waals surface area contributed by atoms with Crippen molar-refractivity contribution in [1.82, 2.24) is 20.3 Å². The smallest absolute Gasteiger partial charge is 0.325 e. The first-order valence-corrected chi connectivity index (χ1v) is 7.72. The van der Waals surface area contributed by atoms with Crippen LogP contribution in [-0.2, 0) is 29.1 Å². The molecule has 0 saturated heterocycles. The predicted octanol–water partition coefficient (Wildman–Crippen LogP) is 0.202.